The van der Waals surface area contributed by atoms with E-state index in [4.69, 9.17) is 4.74 Å². The molecule has 2 rings (SSSR count). The number of aryl methyl sites for hydroxylation is 1. The van der Waals surface area contributed by atoms with Gasteiger partial charge in [0.1, 0.15) is 11.6 Å². The number of nitrogens with zero attached hydrogens (tertiary/aromatic N) is 3. The summed E-state index contributed by atoms with van der Waals surface area (Å²) in [4.78, 5) is 14.8. The van der Waals surface area contributed by atoms with Crippen LogP contribution in [0.25, 0.3) is 11.4 Å². The highest BCUT2D eigenvalue weighted by Crippen LogP contribution is 2.25. The maximum absolute atomic E-state index is 13.7. The van der Waals surface area contributed by atoms with Crippen LogP contribution in [-0.4, -0.2) is 34.5 Å². The molecule has 0 aliphatic heterocycles. The molecule has 106 valence electrons. The van der Waals surface area contributed by atoms with Gasteiger partial charge in [-0.25, -0.2) is 18.3 Å². The van der Waals surface area contributed by atoms with Gasteiger partial charge in [0.2, 0.25) is 0 Å². The number of carbonyl (C=O) groups excluding carboxylic acids is 1. The van der Waals surface area contributed by atoms with E-state index in [1.807, 2.05) is 0 Å². The number of halogens is 2. The van der Waals surface area contributed by atoms with Crippen LogP contribution in [-0.2, 0) is 16.6 Å². The van der Waals surface area contributed by atoms with Crippen LogP contribution in [0.3, 0.4) is 0 Å². The Morgan fingerprint density at radius 1 is 1.35 bits per heavy atom. The van der Waals surface area contributed by atoms with Gasteiger partial charge in [0, 0.05) is 7.05 Å². The van der Waals surface area contributed by atoms with Crippen molar-refractivity contribution in [2.75, 3.05) is 13.7 Å². The van der Waals surface area contributed by atoms with Crippen molar-refractivity contribution < 1.29 is 23.0 Å². The average molecular weight is 283 g/mol. The summed E-state index contributed by atoms with van der Waals surface area (Å²) >= 11 is 0. The number of benzene rings is 1. The molecule has 1 heterocycles. The smallest absolute Gasteiger partial charge is 0.344 e. The van der Waals surface area contributed by atoms with E-state index in [1.165, 1.54) is 20.2 Å². The second-order valence-corrected chi connectivity index (χ2v) is 3.80. The third-order valence-electron chi connectivity index (χ3n) is 2.48. The fraction of sp³-hybridized carbons (Fsp3) is 0.250. The molecule has 0 atom stereocenters. The van der Waals surface area contributed by atoms with Gasteiger partial charge in [-0.1, -0.05) is 6.07 Å². The van der Waals surface area contributed by atoms with Crippen LogP contribution in [0.5, 0.6) is 6.01 Å². The van der Waals surface area contributed by atoms with Crippen molar-refractivity contribution in [3.8, 4) is 17.4 Å². The lowest BCUT2D eigenvalue weighted by atomic mass is 10.2. The second-order valence-electron chi connectivity index (χ2n) is 3.80. The third kappa shape index (κ3) is 2.73. The summed E-state index contributed by atoms with van der Waals surface area (Å²) in [6.07, 6.45) is 0. The van der Waals surface area contributed by atoms with E-state index >= 15 is 0 Å². The number of hydrogen-bond donors (Lipinski definition) is 0. The standard InChI is InChI=1S/C12H11F2N3O3/c1-17-11(10-7(13)4-3-5-8(10)14)15-12(16-17)20-6-9(18)19-2/h3-5H,6H2,1-2H3. The molecule has 0 saturated carbocycles. The molecule has 1 aromatic carbocycles. The van der Waals surface area contributed by atoms with Gasteiger partial charge >= 0.3 is 12.0 Å². The number of ether oxygens (including phenoxy) is 2. The normalized spacial score (nSPS) is 10.4. The van der Waals surface area contributed by atoms with E-state index in [9.17, 15) is 13.6 Å². The first-order valence-electron chi connectivity index (χ1n) is 5.58. The Morgan fingerprint density at radius 3 is 2.60 bits per heavy atom. The molecule has 0 aliphatic rings. The molecule has 6 nitrogen and oxygen atoms in total. The van der Waals surface area contributed by atoms with Crippen molar-refractivity contribution in [2.45, 2.75) is 0 Å². The second kappa shape index (κ2) is 5.64. The molecule has 0 unspecified atom stereocenters. The summed E-state index contributed by atoms with van der Waals surface area (Å²) in [6, 6.07) is 3.30. The predicted octanol–water partition coefficient (Wildman–Crippen LogP) is 1.31. The summed E-state index contributed by atoms with van der Waals surface area (Å²) < 4.78 is 37.8. The third-order valence-corrected chi connectivity index (χ3v) is 2.48. The van der Waals surface area contributed by atoms with Gasteiger partial charge in [-0.05, 0) is 12.1 Å². The quantitative estimate of drug-likeness (QED) is 0.791. The highest BCUT2D eigenvalue weighted by molar-refractivity contribution is 5.70. The van der Waals surface area contributed by atoms with Crippen LogP contribution in [0, 0.1) is 11.6 Å². The Hall–Kier alpha value is -2.51. The van der Waals surface area contributed by atoms with E-state index in [1.54, 1.807) is 0 Å². The number of rotatable bonds is 4. The first-order chi connectivity index (χ1) is 9.52. The SMILES string of the molecule is COC(=O)COc1nc(-c2c(F)cccc2F)n(C)n1. The zero-order valence-corrected chi connectivity index (χ0v) is 10.8. The van der Waals surface area contributed by atoms with Crippen molar-refractivity contribution in [2.24, 2.45) is 7.05 Å². The fourth-order valence-corrected chi connectivity index (χ4v) is 1.53. The molecule has 0 N–H and O–H groups in total. The number of esters is 1. The minimum atomic E-state index is -0.764. The van der Waals surface area contributed by atoms with Gasteiger partial charge in [-0.2, -0.15) is 4.98 Å². The van der Waals surface area contributed by atoms with Crippen molar-refractivity contribution in [1.29, 1.82) is 0 Å². The number of aromatic nitrogens is 3. The summed E-state index contributed by atoms with van der Waals surface area (Å²) in [5.74, 6) is -2.18. The molecule has 20 heavy (non-hydrogen) atoms. The molecule has 0 bridgehead atoms. The van der Waals surface area contributed by atoms with Crippen LogP contribution < -0.4 is 4.74 Å². The van der Waals surface area contributed by atoms with E-state index in [0.29, 0.717) is 0 Å². The van der Waals surface area contributed by atoms with Gasteiger partial charge in [-0.3, -0.25) is 0 Å². The number of carbonyl (C=O) groups is 1. The Kier molecular flexibility index (Phi) is 3.92. The van der Waals surface area contributed by atoms with Crippen molar-refractivity contribution in [3.63, 3.8) is 0 Å². The average Bonchev–Trinajstić information content (AvgIpc) is 2.77. The van der Waals surface area contributed by atoms with Crippen LogP contribution >= 0.6 is 0 Å². The highest BCUT2D eigenvalue weighted by Gasteiger charge is 2.18. The Bertz CT molecular complexity index is 623. The van der Waals surface area contributed by atoms with Gasteiger partial charge in [0.05, 0.1) is 12.7 Å². The number of methoxy groups -OCH3 is 1. The zero-order chi connectivity index (χ0) is 14.7. The molecule has 0 saturated heterocycles. The predicted molar refractivity (Wildman–Crippen MR) is 63.9 cm³/mol. The van der Waals surface area contributed by atoms with Crippen LogP contribution in [0.1, 0.15) is 0 Å². The van der Waals surface area contributed by atoms with Crippen LogP contribution in [0.2, 0.25) is 0 Å². The molecular formula is C12H11F2N3O3. The summed E-state index contributed by atoms with van der Waals surface area (Å²) in [7, 11) is 2.66. The van der Waals surface area contributed by atoms with Crippen molar-refractivity contribution in [1.82, 2.24) is 14.8 Å². The Labute approximate surface area is 112 Å². The lowest BCUT2D eigenvalue weighted by molar-refractivity contribution is -0.143. The summed E-state index contributed by atoms with van der Waals surface area (Å²) in [5, 5.41) is 3.82. The molecule has 0 amide bonds. The Balaban J connectivity index is 2.30. The summed E-state index contributed by atoms with van der Waals surface area (Å²) in [6.45, 7) is -0.389. The molecule has 0 aliphatic carbocycles. The molecule has 0 fully saturated rings. The molecule has 2 aromatic rings. The zero-order valence-electron chi connectivity index (χ0n) is 10.8. The molecule has 8 heteroatoms. The van der Waals surface area contributed by atoms with Gasteiger partial charge in [-0.15, -0.1) is 5.10 Å². The van der Waals surface area contributed by atoms with Crippen molar-refractivity contribution >= 4 is 5.97 Å². The fourth-order valence-electron chi connectivity index (χ4n) is 1.53. The maximum atomic E-state index is 13.7. The van der Waals surface area contributed by atoms with Crippen molar-refractivity contribution in [3.05, 3.63) is 29.8 Å². The maximum Gasteiger partial charge on any atom is 0.344 e. The first kappa shape index (κ1) is 13.9. The monoisotopic (exact) mass is 283 g/mol. The minimum Gasteiger partial charge on any atom is -0.466 e. The lowest BCUT2D eigenvalue weighted by Crippen LogP contribution is -2.13. The topological polar surface area (TPSA) is 66.2 Å². The molecular weight excluding hydrogens is 272 g/mol. The van der Waals surface area contributed by atoms with E-state index in [0.717, 1.165) is 16.8 Å². The van der Waals surface area contributed by atoms with Gasteiger partial charge in [0.15, 0.2) is 12.4 Å². The van der Waals surface area contributed by atoms with Gasteiger partial charge in [0.25, 0.3) is 0 Å². The van der Waals surface area contributed by atoms with E-state index < -0.39 is 17.6 Å². The van der Waals surface area contributed by atoms with Crippen LogP contribution in [0.15, 0.2) is 18.2 Å². The lowest BCUT2D eigenvalue weighted by Gasteiger charge is -2.02. The largest absolute Gasteiger partial charge is 0.466 e. The van der Waals surface area contributed by atoms with E-state index in [2.05, 4.69) is 14.8 Å². The van der Waals surface area contributed by atoms with Crippen LogP contribution in [0.4, 0.5) is 8.78 Å². The van der Waals surface area contributed by atoms with E-state index in [-0.39, 0.29) is 24.0 Å². The number of hydrogen-bond acceptors (Lipinski definition) is 5. The molecule has 0 radical (unpaired) electrons. The Morgan fingerprint density at radius 2 is 2.00 bits per heavy atom. The highest BCUT2D eigenvalue weighted by atomic mass is 19.1. The van der Waals surface area contributed by atoms with Gasteiger partial charge < -0.3 is 9.47 Å². The molecule has 1 aromatic heterocycles. The summed E-state index contributed by atoms with van der Waals surface area (Å²) in [5.41, 5.74) is -0.310. The minimum absolute atomic E-state index is 0.0412. The first-order valence-corrected chi connectivity index (χ1v) is 5.58. The molecule has 0 spiro atoms.